The van der Waals surface area contributed by atoms with Crippen LogP contribution in [0, 0.1) is 6.92 Å². The van der Waals surface area contributed by atoms with Crippen LogP contribution in [0.25, 0.3) is 11.3 Å². The number of nitrogens with zero attached hydrogens (tertiary/aromatic N) is 2. The summed E-state index contributed by atoms with van der Waals surface area (Å²) < 4.78 is 5.79. The van der Waals surface area contributed by atoms with Gasteiger partial charge in [-0.3, -0.25) is 4.79 Å². The van der Waals surface area contributed by atoms with E-state index < -0.39 is 0 Å². The summed E-state index contributed by atoms with van der Waals surface area (Å²) in [5.74, 6) is 0.398. The number of hydrazone groups is 1. The Morgan fingerprint density at radius 1 is 0.950 bits per heavy atom. The van der Waals surface area contributed by atoms with Gasteiger partial charge in [0.05, 0.1) is 22.0 Å². The van der Waals surface area contributed by atoms with Crippen LogP contribution in [0.3, 0.4) is 0 Å². The van der Waals surface area contributed by atoms with Gasteiger partial charge in [-0.1, -0.05) is 59.1 Å². The Kier molecular flexibility index (Phi) is 8.76. The van der Waals surface area contributed by atoms with Crippen molar-refractivity contribution < 1.29 is 9.53 Å². The third kappa shape index (κ3) is 7.27. The minimum Gasteiger partial charge on any atom is -0.489 e. The summed E-state index contributed by atoms with van der Waals surface area (Å²) in [5.41, 5.74) is 8.76. The summed E-state index contributed by atoms with van der Waals surface area (Å²) in [4.78, 5) is 17.2. The maximum atomic E-state index is 12.5. The Balaban J connectivity index is 1.11. The maximum Gasteiger partial charge on any atom is 0.271 e. The van der Waals surface area contributed by atoms with E-state index in [0.29, 0.717) is 28.0 Å². The lowest BCUT2D eigenvalue weighted by Gasteiger charge is -2.07. The quantitative estimate of drug-likeness (QED) is 0.134. The van der Waals surface area contributed by atoms with Gasteiger partial charge >= 0.3 is 0 Å². The molecule has 0 bridgehead atoms. The molecule has 0 spiro atoms. The van der Waals surface area contributed by atoms with E-state index in [1.165, 1.54) is 16.9 Å². The number of rotatable bonds is 9. The van der Waals surface area contributed by atoms with Crippen LogP contribution in [0.4, 0.5) is 10.8 Å². The highest BCUT2D eigenvalue weighted by Gasteiger charge is 2.08. The maximum absolute atomic E-state index is 12.5. The van der Waals surface area contributed by atoms with Crippen LogP contribution in [-0.2, 0) is 6.61 Å². The fraction of sp³-hybridized carbons (Fsp3) is 0.0645. The molecular weight excluding hydrogens is 563 g/mol. The molecule has 0 saturated carbocycles. The van der Waals surface area contributed by atoms with Crippen LogP contribution in [0.15, 0.2) is 101 Å². The second kappa shape index (κ2) is 12.8. The third-order valence-corrected chi connectivity index (χ3v) is 7.40. The first kappa shape index (κ1) is 27.4. The van der Waals surface area contributed by atoms with Crippen LogP contribution in [0.5, 0.6) is 5.75 Å². The molecule has 1 amide bonds. The predicted molar refractivity (Wildman–Crippen MR) is 164 cm³/mol. The first-order valence-electron chi connectivity index (χ1n) is 12.3. The van der Waals surface area contributed by atoms with Gasteiger partial charge in [0, 0.05) is 22.2 Å². The van der Waals surface area contributed by atoms with Gasteiger partial charge in [-0.25, -0.2) is 10.4 Å². The van der Waals surface area contributed by atoms with E-state index in [1.807, 2.05) is 60.0 Å². The molecule has 6 nitrogen and oxygen atoms in total. The first-order chi connectivity index (χ1) is 19.4. The van der Waals surface area contributed by atoms with Gasteiger partial charge in [0.2, 0.25) is 0 Å². The van der Waals surface area contributed by atoms with Gasteiger partial charge in [-0.15, -0.1) is 11.3 Å². The number of benzene rings is 4. The minimum atomic E-state index is -0.301. The number of carbonyl (C=O) groups excluding carboxylic acids is 1. The normalized spacial score (nSPS) is 11.0. The molecule has 40 heavy (non-hydrogen) atoms. The summed E-state index contributed by atoms with van der Waals surface area (Å²) in [6, 6.07) is 28.2. The molecule has 0 saturated heterocycles. The highest BCUT2D eigenvalue weighted by atomic mass is 35.5. The van der Waals surface area contributed by atoms with E-state index >= 15 is 0 Å². The zero-order valence-corrected chi connectivity index (χ0v) is 23.7. The third-order valence-electron chi connectivity index (χ3n) is 5.90. The Bertz CT molecular complexity index is 1630. The number of hydrogen-bond acceptors (Lipinski definition) is 6. The van der Waals surface area contributed by atoms with E-state index in [4.69, 9.17) is 27.9 Å². The summed E-state index contributed by atoms with van der Waals surface area (Å²) in [5, 5.41) is 11.2. The van der Waals surface area contributed by atoms with E-state index in [2.05, 4.69) is 39.9 Å². The number of carbonyl (C=O) groups is 1. The topological polar surface area (TPSA) is 75.6 Å². The second-order valence-corrected chi connectivity index (χ2v) is 10.6. The smallest absolute Gasteiger partial charge is 0.271 e. The van der Waals surface area contributed by atoms with Gasteiger partial charge < -0.3 is 10.1 Å². The lowest BCUT2D eigenvalue weighted by atomic mass is 10.1. The monoisotopic (exact) mass is 586 g/mol. The lowest BCUT2D eigenvalue weighted by Crippen LogP contribution is -2.17. The van der Waals surface area contributed by atoms with Crippen molar-refractivity contribution in [2.24, 2.45) is 5.10 Å². The molecule has 4 aromatic carbocycles. The number of nitrogens with one attached hydrogen (secondary N) is 2. The fourth-order valence-corrected chi connectivity index (χ4v) is 4.75. The molecule has 0 unspecified atom stereocenters. The molecule has 0 aliphatic carbocycles. The first-order valence-corrected chi connectivity index (χ1v) is 14.0. The van der Waals surface area contributed by atoms with Crippen LogP contribution < -0.4 is 15.5 Å². The van der Waals surface area contributed by atoms with Gasteiger partial charge in [-0.05, 0) is 78.7 Å². The SMILES string of the molecule is Cc1ccc(Nc2nc(-c3ccc(C(=O)N/N=C\c4ccc(OCc5ccc(Cl)c(Cl)c5)cc4)cc3)cs2)cc1. The van der Waals surface area contributed by atoms with E-state index in [0.717, 1.165) is 33.2 Å². The van der Waals surface area contributed by atoms with Crippen LogP contribution in [0.2, 0.25) is 10.0 Å². The molecule has 1 heterocycles. The molecule has 0 aliphatic heterocycles. The molecule has 5 rings (SSSR count). The second-order valence-electron chi connectivity index (χ2n) is 8.91. The molecule has 0 atom stereocenters. The number of ether oxygens (including phenoxy) is 1. The number of aryl methyl sites for hydroxylation is 1. The van der Waals surface area contributed by atoms with E-state index in [-0.39, 0.29) is 5.91 Å². The summed E-state index contributed by atoms with van der Waals surface area (Å²) in [6.45, 7) is 2.42. The van der Waals surface area contributed by atoms with Crippen molar-refractivity contribution in [2.75, 3.05) is 5.32 Å². The number of thiazole rings is 1. The summed E-state index contributed by atoms with van der Waals surface area (Å²) >= 11 is 13.5. The molecule has 9 heteroatoms. The van der Waals surface area contributed by atoms with Crippen molar-refractivity contribution >= 4 is 57.5 Å². The average molecular weight is 588 g/mol. The van der Waals surface area contributed by atoms with Gasteiger partial charge in [-0.2, -0.15) is 5.10 Å². The number of anilines is 2. The summed E-state index contributed by atoms with van der Waals surface area (Å²) in [7, 11) is 0. The standard InChI is InChI=1S/C31H24Cl2N4O2S/c1-20-2-11-25(12-3-20)35-31-36-29(19-40-31)23-7-9-24(10-8-23)30(38)37-34-17-21-4-13-26(14-5-21)39-18-22-6-15-27(32)28(33)16-22/h2-17,19H,18H2,1H3,(H,35,36)(H,37,38)/b34-17-. The molecular formula is C31H24Cl2N4O2S. The van der Waals surface area contributed by atoms with Gasteiger partial charge in [0.1, 0.15) is 12.4 Å². The van der Waals surface area contributed by atoms with E-state index in [9.17, 15) is 4.79 Å². The number of hydrogen-bond donors (Lipinski definition) is 2. The lowest BCUT2D eigenvalue weighted by molar-refractivity contribution is 0.0955. The number of halogens is 2. The highest BCUT2D eigenvalue weighted by Crippen LogP contribution is 2.28. The Morgan fingerprint density at radius 3 is 2.42 bits per heavy atom. The zero-order chi connectivity index (χ0) is 27.9. The van der Waals surface area contributed by atoms with Crippen LogP contribution in [-0.4, -0.2) is 17.1 Å². The molecule has 1 aromatic heterocycles. The molecule has 0 fully saturated rings. The molecule has 0 aliphatic rings. The number of amides is 1. The Hall–Kier alpha value is -4.17. The molecule has 200 valence electrons. The largest absolute Gasteiger partial charge is 0.489 e. The van der Waals surface area contributed by atoms with Crippen molar-refractivity contribution in [3.8, 4) is 17.0 Å². The van der Waals surface area contributed by atoms with Crippen LogP contribution in [0.1, 0.15) is 27.0 Å². The Morgan fingerprint density at radius 2 is 1.70 bits per heavy atom. The Labute approximate surface area is 246 Å². The molecule has 2 N–H and O–H groups in total. The summed E-state index contributed by atoms with van der Waals surface area (Å²) in [6.07, 6.45) is 1.58. The average Bonchev–Trinajstić information content (AvgIpc) is 3.44. The van der Waals surface area contributed by atoms with E-state index in [1.54, 1.807) is 30.5 Å². The van der Waals surface area contributed by atoms with Gasteiger partial charge in [0.25, 0.3) is 5.91 Å². The van der Waals surface area contributed by atoms with Crippen molar-refractivity contribution in [1.82, 2.24) is 10.4 Å². The van der Waals surface area contributed by atoms with Crippen LogP contribution >= 0.6 is 34.5 Å². The van der Waals surface area contributed by atoms with Crippen molar-refractivity contribution in [3.63, 3.8) is 0 Å². The molecule has 5 aromatic rings. The van der Waals surface area contributed by atoms with Gasteiger partial charge in [0.15, 0.2) is 5.13 Å². The van der Waals surface area contributed by atoms with Crippen molar-refractivity contribution in [1.29, 1.82) is 0 Å². The zero-order valence-electron chi connectivity index (χ0n) is 21.4. The fourth-order valence-electron chi connectivity index (χ4n) is 3.69. The van der Waals surface area contributed by atoms with Crippen molar-refractivity contribution in [3.05, 3.63) is 129 Å². The van der Waals surface area contributed by atoms with Crippen molar-refractivity contribution in [2.45, 2.75) is 13.5 Å². The highest BCUT2D eigenvalue weighted by molar-refractivity contribution is 7.14. The predicted octanol–water partition coefficient (Wildman–Crippen LogP) is 8.51. The minimum absolute atomic E-state index is 0.301. The molecule has 0 radical (unpaired) electrons. The number of aromatic nitrogens is 1.